The minimum absolute atomic E-state index is 0.00930. The van der Waals surface area contributed by atoms with Crippen LogP contribution in [0.2, 0.25) is 0 Å². The summed E-state index contributed by atoms with van der Waals surface area (Å²) < 4.78 is 8.84. The van der Waals surface area contributed by atoms with Crippen LogP contribution in [0.4, 0.5) is 0 Å². The second-order valence-corrected chi connectivity index (χ2v) is 16.8. The number of para-hydroxylation sites is 1. The minimum Gasteiger partial charge on any atom is -0.439 e. The van der Waals surface area contributed by atoms with Gasteiger partial charge in [-0.15, -0.1) is 0 Å². The molecule has 4 aromatic carbocycles. The molecule has 0 N–H and O–H groups in total. The molecule has 4 heteroatoms. The van der Waals surface area contributed by atoms with E-state index >= 15 is 0 Å². The summed E-state index contributed by atoms with van der Waals surface area (Å²) in [5.41, 5.74) is 11.6. The lowest BCUT2D eigenvalue weighted by atomic mass is 9.55. The van der Waals surface area contributed by atoms with E-state index in [-0.39, 0.29) is 21.7 Å². The molecule has 3 aromatic heterocycles. The number of pyridine rings is 2. The lowest BCUT2D eigenvalue weighted by Gasteiger charge is -2.48. The molecule has 4 nitrogen and oxygen atoms in total. The summed E-state index contributed by atoms with van der Waals surface area (Å²) in [5, 5.41) is 2.35. The van der Waals surface area contributed by atoms with Gasteiger partial charge in [-0.05, 0) is 98.7 Å². The van der Waals surface area contributed by atoms with Crippen molar-refractivity contribution in [2.24, 2.45) is 5.41 Å². The first kappa shape index (κ1) is 31.7. The lowest BCUT2D eigenvalue weighted by molar-refractivity contribution is 0.0889. The highest BCUT2D eigenvalue weighted by atomic mass is 16.5. The maximum absolute atomic E-state index is 6.59. The zero-order valence-electron chi connectivity index (χ0n) is 30.7. The van der Waals surface area contributed by atoms with E-state index in [4.69, 9.17) is 14.7 Å². The Morgan fingerprint density at radius 1 is 0.667 bits per heavy atom. The minimum atomic E-state index is 0.00930. The molecule has 0 atom stereocenters. The number of fused-ring (bicyclic) bond motifs is 5. The first-order chi connectivity index (χ1) is 24.4. The van der Waals surface area contributed by atoms with E-state index in [2.05, 4.69) is 162 Å². The van der Waals surface area contributed by atoms with Crippen molar-refractivity contribution in [3.63, 3.8) is 0 Å². The van der Waals surface area contributed by atoms with Gasteiger partial charge >= 0.3 is 0 Å². The van der Waals surface area contributed by atoms with Gasteiger partial charge in [-0.1, -0.05) is 115 Å². The Labute approximate surface area is 301 Å². The second-order valence-electron chi connectivity index (χ2n) is 16.8. The average molecular weight is 668 g/mol. The number of hydrogen-bond acceptors (Lipinski definition) is 3. The van der Waals surface area contributed by atoms with Gasteiger partial charge in [0.25, 0.3) is 0 Å². The number of rotatable bonds is 4. The van der Waals surface area contributed by atoms with Gasteiger partial charge in [0.15, 0.2) is 0 Å². The molecule has 254 valence electrons. The molecule has 1 spiro atoms. The van der Waals surface area contributed by atoms with Gasteiger partial charge < -0.3 is 4.74 Å². The van der Waals surface area contributed by atoms with E-state index in [1.807, 2.05) is 12.3 Å². The molecule has 2 aliphatic carbocycles. The number of hydrogen-bond donors (Lipinski definition) is 0. The maximum Gasteiger partial charge on any atom is 0.219 e. The normalized spacial score (nSPS) is 16.8. The molecule has 7 aromatic rings. The molecule has 0 amide bonds. The van der Waals surface area contributed by atoms with Crippen molar-refractivity contribution in [1.82, 2.24) is 14.5 Å². The van der Waals surface area contributed by atoms with E-state index in [0.717, 1.165) is 46.5 Å². The smallest absolute Gasteiger partial charge is 0.219 e. The Bertz CT molecular complexity index is 2480. The number of nitrogens with zero attached hydrogens (tertiary/aromatic N) is 3. The van der Waals surface area contributed by atoms with E-state index in [1.165, 1.54) is 38.8 Å². The Balaban J connectivity index is 1.09. The molecular weight excluding hydrogens is 623 g/mol. The maximum atomic E-state index is 6.59. The van der Waals surface area contributed by atoms with E-state index in [0.29, 0.717) is 5.88 Å². The van der Waals surface area contributed by atoms with E-state index in [1.54, 1.807) is 0 Å². The topological polar surface area (TPSA) is 39.9 Å². The van der Waals surface area contributed by atoms with Crippen LogP contribution in [-0.2, 0) is 29.1 Å². The highest BCUT2D eigenvalue weighted by Crippen LogP contribution is 2.67. The number of aromatic nitrogens is 3. The van der Waals surface area contributed by atoms with Gasteiger partial charge in [-0.2, -0.15) is 0 Å². The molecule has 2 aliphatic rings. The first-order valence-corrected chi connectivity index (χ1v) is 18.3. The fourth-order valence-corrected chi connectivity index (χ4v) is 9.70. The molecule has 9 rings (SSSR count). The van der Waals surface area contributed by atoms with Crippen molar-refractivity contribution in [3.8, 4) is 28.7 Å². The van der Waals surface area contributed by atoms with Crippen LogP contribution in [0.5, 0.6) is 11.6 Å². The molecule has 0 bridgehead atoms. The summed E-state index contributed by atoms with van der Waals surface area (Å²) in [6.45, 7) is 16.6. The Morgan fingerprint density at radius 3 is 2.14 bits per heavy atom. The Morgan fingerprint density at radius 2 is 1.37 bits per heavy atom. The van der Waals surface area contributed by atoms with Gasteiger partial charge in [0, 0.05) is 34.7 Å². The standard InChI is InChI=1S/C47H45N3O/c1-44(2,3)31-24-25-48-42(26-31)50-40-20-11-8-15-34(40)35-23-22-32(27-41(35)50)51-43-21-13-19-39(49-43)33-16-12-14-30-28-47(29-36(30)33)45(4,5)37-17-9-10-18-38(37)46(47,6)7/h8-27H,28-29H2,1-7H3. The SMILES string of the molecule is CC(C)(C)c1ccnc(-n2c3ccccc3c3ccc(Oc4cccc(-c5cccc6c5CC5(C6)C(C)(C)c6ccccc6C5(C)C)n4)cc32)c1. The molecular formula is C47H45N3O. The van der Waals surface area contributed by atoms with Crippen LogP contribution < -0.4 is 4.74 Å². The van der Waals surface area contributed by atoms with Crippen LogP contribution in [0.3, 0.4) is 0 Å². The molecule has 51 heavy (non-hydrogen) atoms. The van der Waals surface area contributed by atoms with Gasteiger partial charge in [0.1, 0.15) is 11.6 Å². The molecule has 3 heterocycles. The Kier molecular flexibility index (Phi) is 6.78. The highest BCUT2D eigenvalue weighted by molar-refractivity contribution is 6.09. The van der Waals surface area contributed by atoms with Crippen molar-refractivity contribution >= 4 is 21.8 Å². The lowest BCUT2D eigenvalue weighted by Crippen LogP contribution is -2.48. The zero-order chi connectivity index (χ0) is 35.3. The summed E-state index contributed by atoms with van der Waals surface area (Å²) in [4.78, 5) is 9.99. The summed E-state index contributed by atoms with van der Waals surface area (Å²) in [5.74, 6) is 2.23. The van der Waals surface area contributed by atoms with Crippen LogP contribution in [0.25, 0.3) is 38.9 Å². The van der Waals surface area contributed by atoms with Gasteiger partial charge in [-0.3, -0.25) is 4.57 Å². The number of benzene rings is 4. The quantitative estimate of drug-likeness (QED) is 0.188. The zero-order valence-corrected chi connectivity index (χ0v) is 30.7. The molecule has 0 fully saturated rings. The third-order valence-corrected chi connectivity index (χ3v) is 12.6. The third-order valence-electron chi connectivity index (χ3n) is 12.6. The van der Waals surface area contributed by atoms with Gasteiger partial charge in [0.05, 0.1) is 16.7 Å². The summed E-state index contributed by atoms with van der Waals surface area (Å²) in [7, 11) is 0. The highest BCUT2D eigenvalue weighted by Gasteiger charge is 2.63. The van der Waals surface area contributed by atoms with Crippen LogP contribution in [0, 0.1) is 5.41 Å². The van der Waals surface area contributed by atoms with Crippen LogP contribution in [0.15, 0.2) is 121 Å². The summed E-state index contributed by atoms with van der Waals surface area (Å²) in [6.07, 6.45) is 4.00. The van der Waals surface area contributed by atoms with Crippen molar-refractivity contribution in [2.45, 2.75) is 77.6 Å². The predicted molar refractivity (Wildman–Crippen MR) is 209 cm³/mol. The first-order valence-electron chi connectivity index (χ1n) is 18.3. The van der Waals surface area contributed by atoms with Crippen LogP contribution in [0.1, 0.15) is 76.3 Å². The van der Waals surface area contributed by atoms with Crippen molar-refractivity contribution in [2.75, 3.05) is 0 Å². The summed E-state index contributed by atoms with van der Waals surface area (Å²) >= 11 is 0. The predicted octanol–water partition coefficient (Wildman–Crippen LogP) is 11.7. The molecule has 0 aliphatic heterocycles. The van der Waals surface area contributed by atoms with E-state index < -0.39 is 0 Å². The monoisotopic (exact) mass is 667 g/mol. The van der Waals surface area contributed by atoms with E-state index in [9.17, 15) is 0 Å². The second kappa shape index (κ2) is 10.9. The van der Waals surface area contributed by atoms with Crippen LogP contribution >= 0.6 is 0 Å². The van der Waals surface area contributed by atoms with Gasteiger partial charge in [0.2, 0.25) is 5.88 Å². The van der Waals surface area contributed by atoms with Gasteiger partial charge in [-0.25, -0.2) is 9.97 Å². The molecule has 0 unspecified atom stereocenters. The van der Waals surface area contributed by atoms with Crippen molar-refractivity contribution in [1.29, 1.82) is 0 Å². The molecule has 0 saturated carbocycles. The van der Waals surface area contributed by atoms with Crippen molar-refractivity contribution in [3.05, 3.63) is 149 Å². The number of ether oxygens (including phenoxy) is 1. The summed E-state index contributed by atoms with van der Waals surface area (Å²) in [6, 6.07) is 41.3. The Hall–Kier alpha value is -5.22. The largest absolute Gasteiger partial charge is 0.439 e. The third kappa shape index (κ3) is 4.58. The van der Waals surface area contributed by atoms with Crippen LogP contribution in [-0.4, -0.2) is 14.5 Å². The fourth-order valence-electron chi connectivity index (χ4n) is 9.70. The fraction of sp³-hybridized carbons (Fsp3) is 0.277. The average Bonchev–Trinajstić information content (AvgIpc) is 3.72. The van der Waals surface area contributed by atoms with Crippen molar-refractivity contribution < 1.29 is 4.74 Å². The molecule has 0 saturated heterocycles. The molecule has 0 radical (unpaired) electrons.